The molecule has 5 heteroatoms. The summed E-state index contributed by atoms with van der Waals surface area (Å²) in [5, 5.41) is 0. The van der Waals surface area contributed by atoms with E-state index in [1.807, 2.05) is 18.2 Å². The van der Waals surface area contributed by atoms with Gasteiger partial charge in [0.25, 0.3) is 0 Å². The fourth-order valence-corrected chi connectivity index (χ4v) is 3.61. The number of hydrogen-bond donors (Lipinski definition) is 0. The second-order valence-corrected chi connectivity index (χ2v) is 6.86. The van der Waals surface area contributed by atoms with Crippen LogP contribution < -0.4 is 4.74 Å². The summed E-state index contributed by atoms with van der Waals surface area (Å²) >= 11 is 0. The first-order valence-corrected chi connectivity index (χ1v) is 9.10. The number of para-hydroxylation sites is 2. The predicted molar refractivity (Wildman–Crippen MR) is 102 cm³/mol. The van der Waals surface area contributed by atoms with Gasteiger partial charge < -0.3 is 14.0 Å². The lowest BCUT2D eigenvalue weighted by atomic mass is 10.1. The number of fused-ring (bicyclic) bond motifs is 1. The van der Waals surface area contributed by atoms with Crippen LogP contribution in [0.25, 0.3) is 11.0 Å². The van der Waals surface area contributed by atoms with Gasteiger partial charge in [-0.25, -0.2) is 4.98 Å². The summed E-state index contributed by atoms with van der Waals surface area (Å²) in [6.45, 7) is 3.50. The Kier molecular flexibility index (Phi) is 4.91. The topological polar surface area (TPSA) is 39.5 Å². The van der Waals surface area contributed by atoms with Gasteiger partial charge in [0, 0.05) is 20.1 Å². The van der Waals surface area contributed by atoms with Crippen molar-refractivity contribution in [2.24, 2.45) is 7.05 Å². The van der Waals surface area contributed by atoms with Crippen LogP contribution in [0, 0.1) is 0 Å². The number of imidazole rings is 1. The van der Waals surface area contributed by atoms with Crippen LogP contribution in [-0.4, -0.2) is 47.4 Å². The number of aromatic nitrogens is 2. The molecule has 0 unspecified atom stereocenters. The molecule has 26 heavy (non-hydrogen) atoms. The van der Waals surface area contributed by atoms with E-state index >= 15 is 0 Å². The normalized spacial score (nSPS) is 18.3. The van der Waals surface area contributed by atoms with Gasteiger partial charge in [0.2, 0.25) is 0 Å². The first kappa shape index (κ1) is 17.1. The molecular formula is C21H25N3O2. The van der Waals surface area contributed by atoms with Gasteiger partial charge >= 0.3 is 0 Å². The Hall–Kier alpha value is -2.37. The average molecular weight is 351 g/mol. The summed E-state index contributed by atoms with van der Waals surface area (Å²) in [5.74, 6) is 2.00. The number of hydrogen-bond acceptors (Lipinski definition) is 4. The highest BCUT2D eigenvalue weighted by molar-refractivity contribution is 5.75. The van der Waals surface area contributed by atoms with Crippen LogP contribution in [0.2, 0.25) is 0 Å². The SMILES string of the molecule is COc1ccc(C[C@H]2CN(Cc3nc4ccccc4n3C)CCO2)cc1. The van der Waals surface area contributed by atoms with Crippen LogP contribution in [0.5, 0.6) is 5.75 Å². The second-order valence-electron chi connectivity index (χ2n) is 6.86. The van der Waals surface area contributed by atoms with E-state index in [0.29, 0.717) is 0 Å². The maximum absolute atomic E-state index is 6.00. The average Bonchev–Trinajstić information content (AvgIpc) is 2.99. The van der Waals surface area contributed by atoms with Crippen molar-refractivity contribution in [1.82, 2.24) is 14.5 Å². The Labute approximate surface area is 154 Å². The van der Waals surface area contributed by atoms with Gasteiger partial charge in [0.15, 0.2) is 0 Å². The number of morpholine rings is 1. The maximum atomic E-state index is 6.00. The number of methoxy groups -OCH3 is 1. The molecule has 136 valence electrons. The maximum Gasteiger partial charge on any atom is 0.123 e. The van der Waals surface area contributed by atoms with E-state index in [-0.39, 0.29) is 6.10 Å². The molecule has 1 fully saturated rings. The molecule has 0 N–H and O–H groups in total. The van der Waals surface area contributed by atoms with Gasteiger partial charge in [-0.1, -0.05) is 24.3 Å². The predicted octanol–water partition coefficient (Wildman–Crippen LogP) is 3.03. The highest BCUT2D eigenvalue weighted by Gasteiger charge is 2.22. The number of nitrogens with zero attached hydrogens (tertiary/aromatic N) is 3. The van der Waals surface area contributed by atoms with Crippen molar-refractivity contribution in [1.29, 1.82) is 0 Å². The van der Waals surface area contributed by atoms with E-state index in [9.17, 15) is 0 Å². The Bertz CT molecular complexity index is 873. The molecule has 4 rings (SSSR count). The van der Waals surface area contributed by atoms with Crippen molar-refractivity contribution in [2.75, 3.05) is 26.8 Å². The summed E-state index contributed by atoms with van der Waals surface area (Å²) in [5.41, 5.74) is 3.53. The Morgan fingerprint density at radius 1 is 1.15 bits per heavy atom. The highest BCUT2D eigenvalue weighted by atomic mass is 16.5. The lowest BCUT2D eigenvalue weighted by molar-refractivity contribution is -0.0314. The first-order valence-electron chi connectivity index (χ1n) is 9.10. The second kappa shape index (κ2) is 7.48. The zero-order chi connectivity index (χ0) is 17.9. The molecule has 1 aliphatic heterocycles. The summed E-state index contributed by atoms with van der Waals surface area (Å²) in [6.07, 6.45) is 1.13. The largest absolute Gasteiger partial charge is 0.497 e. The monoisotopic (exact) mass is 351 g/mol. The lowest BCUT2D eigenvalue weighted by Crippen LogP contribution is -2.43. The Balaban J connectivity index is 1.42. The highest BCUT2D eigenvalue weighted by Crippen LogP contribution is 2.19. The van der Waals surface area contributed by atoms with E-state index in [2.05, 4.69) is 46.8 Å². The molecule has 0 bridgehead atoms. The molecule has 1 aliphatic rings. The minimum atomic E-state index is 0.215. The van der Waals surface area contributed by atoms with Crippen LogP contribution in [0.1, 0.15) is 11.4 Å². The molecule has 0 saturated carbocycles. The number of benzene rings is 2. The van der Waals surface area contributed by atoms with E-state index in [1.54, 1.807) is 7.11 Å². The van der Waals surface area contributed by atoms with Crippen molar-refractivity contribution in [3.05, 3.63) is 59.9 Å². The zero-order valence-electron chi connectivity index (χ0n) is 15.4. The van der Waals surface area contributed by atoms with Crippen LogP contribution in [0.15, 0.2) is 48.5 Å². The molecule has 5 nitrogen and oxygen atoms in total. The molecular weight excluding hydrogens is 326 g/mol. The third kappa shape index (κ3) is 3.59. The van der Waals surface area contributed by atoms with Crippen LogP contribution in [0.3, 0.4) is 0 Å². The zero-order valence-corrected chi connectivity index (χ0v) is 15.4. The van der Waals surface area contributed by atoms with Crippen LogP contribution in [0.4, 0.5) is 0 Å². The van der Waals surface area contributed by atoms with E-state index < -0.39 is 0 Å². The number of rotatable bonds is 5. The molecule has 1 aromatic heterocycles. The van der Waals surface area contributed by atoms with Crippen molar-refractivity contribution in [3.63, 3.8) is 0 Å². The summed E-state index contributed by atoms with van der Waals surface area (Å²) in [7, 11) is 3.79. The molecule has 3 aromatic rings. The van der Waals surface area contributed by atoms with E-state index in [4.69, 9.17) is 14.5 Å². The minimum absolute atomic E-state index is 0.215. The van der Waals surface area contributed by atoms with Crippen molar-refractivity contribution < 1.29 is 9.47 Å². The van der Waals surface area contributed by atoms with Crippen molar-refractivity contribution in [2.45, 2.75) is 19.1 Å². The molecule has 0 amide bonds. The van der Waals surface area contributed by atoms with Crippen LogP contribution >= 0.6 is 0 Å². The fourth-order valence-electron chi connectivity index (χ4n) is 3.61. The van der Waals surface area contributed by atoms with E-state index in [1.165, 1.54) is 11.1 Å². The fraction of sp³-hybridized carbons (Fsp3) is 0.381. The molecule has 0 radical (unpaired) electrons. The Morgan fingerprint density at radius 3 is 2.73 bits per heavy atom. The first-order chi connectivity index (χ1) is 12.7. The molecule has 2 heterocycles. The van der Waals surface area contributed by atoms with E-state index in [0.717, 1.165) is 49.8 Å². The third-order valence-electron chi connectivity index (χ3n) is 5.09. The van der Waals surface area contributed by atoms with Crippen molar-refractivity contribution in [3.8, 4) is 5.75 Å². The lowest BCUT2D eigenvalue weighted by Gasteiger charge is -2.32. The molecule has 2 aromatic carbocycles. The summed E-state index contributed by atoms with van der Waals surface area (Å²) in [6, 6.07) is 16.6. The standard InChI is InChI=1S/C21H25N3O2/c1-23-20-6-4-3-5-19(20)22-21(23)15-24-11-12-26-18(14-24)13-16-7-9-17(25-2)10-8-16/h3-10,18H,11-15H2,1-2H3/t18-/m0/s1. The third-order valence-corrected chi connectivity index (χ3v) is 5.09. The summed E-state index contributed by atoms with van der Waals surface area (Å²) in [4.78, 5) is 7.24. The quantitative estimate of drug-likeness (QED) is 0.708. The van der Waals surface area contributed by atoms with Gasteiger partial charge in [-0.3, -0.25) is 4.90 Å². The summed E-state index contributed by atoms with van der Waals surface area (Å²) < 4.78 is 13.4. The molecule has 1 saturated heterocycles. The van der Waals surface area contributed by atoms with Crippen LogP contribution in [-0.2, 0) is 24.8 Å². The Morgan fingerprint density at radius 2 is 1.96 bits per heavy atom. The number of ether oxygens (including phenoxy) is 2. The molecule has 0 spiro atoms. The van der Waals surface area contributed by atoms with Gasteiger partial charge in [-0.2, -0.15) is 0 Å². The van der Waals surface area contributed by atoms with Gasteiger partial charge in [0.1, 0.15) is 11.6 Å². The molecule has 0 aliphatic carbocycles. The van der Waals surface area contributed by atoms with Gasteiger partial charge in [0.05, 0.1) is 37.4 Å². The van der Waals surface area contributed by atoms with Gasteiger partial charge in [-0.15, -0.1) is 0 Å². The van der Waals surface area contributed by atoms with Crippen molar-refractivity contribution >= 4 is 11.0 Å². The molecule has 1 atom stereocenters. The minimum Gasteiger partial charge on any atom is -0.497 e. The van der Waals surface area contributed by atoms with Gasteiger partial charge in [-0.05, 0) is 36.2 Å². The number of aryl methyl sites for hydroxylation is 1. The smallest absolute Gasteiger partial charge is 0.123 e.